The van der Waals surface area contributed by atoms with Gasteiger partial charge in [-0.05, 0) is 18.1 Å². The van der Waals surface area contributed by atoms with Crippen molar-refractivity contribution in [3.63, 3.8) is 0 Å². The fraction of sp³-hybridized carbons (Fsp3) is 0.417. The molecule has 1 rings (SSSR count). The van der Waals surface area contributed by atoms with Crippen molar-refractivity contribution < 1.29 is 23.2 Å². The first kappa shape index (κ1) is 17.1. The number of carboxylic acids is 1. The summed E-state index contributed by atoms with van der Waals surface area (Å²) < 4.78 is 26.3. The van der Waals surface area contributed by atoms with Crippen molar-refractivity contribution in [2.75, 3.05) is 0 Å². The number of rotatable bonds is 7. The third-order valence-corrected chi connectivity index (χ3v) is 4.58. The fourth-order valence-electron chi connectivity index (χ4n) is 1.63. The molecular weight excluding hydrogens is 300 g/mol. The van der Waals surface area contributed by atoms with Crippen molar-refractivity contribution in [2.24, 2.45) is 5.92 Å². The summed E-state index contributed by atoms with van der Waals surface area (Å²) in [6.45, 7) is 3.37. The van der Waals surface area contributed by atoms with Gasteiger partial charge in [0.05, 0.1) is 9.82 Å². The monoisotopic (exact) mass is 316 g/mol. The van der Waals surface area contributed by atoms with Gasteiger partial charge in [-0.1, -0.05) is 20.3 Å². The maximum atomic E-state index is 12.1. The maximum absolute atomic E-state index is 12.1. The fourth-order valence-corrected chi connectivity index (χ4v) is 2.93. The van der Waals surface area contributed by atoms with E-state index in [0.717, 1.165) is 24.3 Å². The maximum Gasteiger partial charge on any atom is 0.322 e. The molecule has 0 aromatic heterocycles. The van der Waals surface area contributed by atoms with E-state index in [2.05, 4.69) is 4.72 Å². The molecule has 0 fully saturated rings. The molecule has 0 aliphatic carbocycles. The lowest BCUT2D eigenvalue weighted by Crippen LogP contribution is -2.44. The molecule has 0 spiro atoms. The predicted octanol–water partition coefficient (Wildman–Crippen LogP) is 1.37. The molecule has 8 nitrogen and oxygen atoms in total. The molecule has 1 aromatic carbocycles. The first-order valence-corrected chi connectivity index (χ1v) is 7.67. The Hall–Kier alpha value is -2.00. The molecule has 0 amide bonds. The normalized spacial score (nSPS) is 14.4. The Morgan fingerprint density at radius 3 is 2.29 bits per heavy atom. The lowest BCUT2D eigenvalue weighted by Gasteiger charge is -2.20. The van der Waals surface area contributed by atoms with E-state index in [4.69, 9.17) is 5.11 Å². The van der Waals surface area contributed by atoms with Crippen LogP contribution in [0, 0.1) is 16.0 Å². The molecule has 21 heavy (non-hydrogen) atoms. The number of hydrogen-bond acceptors (Lipinski definition) is 5. The molecule has 0 heterocycles. The molecule has 0 saturated carbocycles. The third-order valence-electron chi connectivity index (χ3n) is 3.12. The van der Waals surface area contributed by atoms with E-state index in [1.165, 1.54) is 0 Å². The number of sulfonamides is 1. The highest BCUT2D eigenvalue weighted by molar-refractivity contribution is 7.89. The molecule has 1 aromatic rings. The number of nitro groups is 1. The molecule has 0 unspecified atom stereocenters. The molecule has 2 N–H and O–H groups in total. The molecule has 2 atom stereocenters. The van der Waals surface area contributed by atoms with E-state index in [1.807, 2.05) is 0 Å². The highest BCUT2D eigenvalue weighted by Crippen LogP contribution is 2.17. The van der Waals surface area contributed by atoms with E-state index in [9.17, 15) is 23.3 Å². The van der Waals surface area contributed by atoms with E-state index in [1.54, 1.807) is 13.8 Å². The van der Waals surface area contributed by atoms with E-state index < -0.39 is 32.9 Å². The number of aliphatic carboxylic acids is 1. The molecule has 9 heteroatoms. The van der Waals surface area contributed by atoms with Gasteiger partial charge in [0.1, 0.15) is 6.04 Å². The summed E-state index contributed by atoms with van der Waals surface area (Å²) >= 11 is 0. The standard InChI is InChI=1S/C12H16N2O6S/c1-3-8(2)11(12(15)16)13-21(19,20)10-6-4-9(5-7-10)14(17)18/h4-8,11,13H,3H2,1-2H3,(H,15,16)/t8-,11-/m0/s1. The van der Waals surface area contributed by atoms with Gasteiger partial charge in [0.25, 0.3) is 5.69 Å². The lowest BCUT2D eigenvalue weighted by molar-refractivity contribution is -0.384. The Labute approximate surface area is 122 Å². The van der Waals surface area contributed by atoms with E-state index >= 15 is 0 Å². The van der Waals surface area contributed by atoms with Crippen molar-refractivity contribution in [3.05, 3.63) is 34.4 Å². The summed E-state index contributed by atoms with van der Waals surface area (Å²) in [5, 5.41) is 19.6. The smallest absolute Gasteiger partial charge is 0.322 e. The SMILES string of the molecule is CC[C@H](C)[C@H](NS(=O)(=O)c1ccc([N+](=O)[O-])cc1)C(=O)O. The summed E-state index contributed by atoms with van der Waals surface area (Å²) in [7, 11) is -4.06. The van der Waals surface area contributed by atoms with Crippen molar-refractivity contribution in [3.8, 4) is 0 Å². The van der Waals surface area contributed by atoms with Gasteiger partial charge in [0.15, 0.2) is 0 Å². The minimum Gasteiger partial charge on any atom is -0.480 e. The van der Waals surface area contributed by atoms with Crippen LogP contribution in [-0.4, -0.2) is 30.5 Å². The van der Waals surface area contributed by atoms with Crippen LogP contribution in [0.15, 0.2) is 29.2 Å². The van der Waals surface area contributed by atoms with Gasteiger partial charge in [0.2, 0.25) is 10.0 Å². The average Bonchev–Trinajstić information content (AvgIpc) is 2.43. The van der Waals surface area contributed by atoms with Gasteiger partial charge in [-0.3, -0.25) is 14.9 Å². The van der Waals surface area contributed by atoms with E-state index in [0.29, 0.717) is 6.42 Å². The van der Waals surface area contributed by atoms with Gasteiger partial charge in [-0.15, -0.1) is 0 Å². The Morgan fingerprint density at radius 1 is 1.38 bits per heavy atom. The quantitative estimate of drug-likeness (QED) is 0.578. The third kappa shape index (κ3) is 4.23. The van der Waals surface area contributed by atoms with Crippen molar-refractivity contribution in [1.82, 2.24) is 4.72 Å². The molecule has 0 aliphatic rings. The van der Waals surface area contributed by atoms with Crippen LogP contribution in [0.4, 0.5) is 5.69 Å². The summed E-state index contributed by atoms with van der Waals surface area (Å²) in [4.78, 5) is 20.8. The summed E-state index contributed by atoms with van der Waals surface area (Å²) in [5.74, 6) is -1.66. The minimum absolute atomic E-state index is 0.220. The van der Waals surface area contributed by atoms with Crippen LogP contribution in [-0.2, 0) is 14.8 Å². The van der Waals surface area contributed by atoms with Crippen molar-refractivity contribution in [1.29, 1.82) is 0 Å². The Bertz CT molecular complexity index is 626. The van der Waals surface area contributed by atoms with Crippen molar-refractivity contribution >= 4 is 21.7 Å². The number of benzene rings is 1. The van der Waals surface area contributed by atoms with Crippen LogP contribution >= 0.6 is 0 Å². The first-order chi connectivity index (χ1) is 9.69. The molecule has 0 bridgehead atoms. The van der Waals surface area contributed by atoms with Gasteiger partial charge >= 0.3 is 5.97 Å². The number of nitrogens with zero attached hydrogens (tertiary/aromatic N) is 1. The Kier molecular flexibility index (Phi) is 5.39. The zero-order chi connectivity index (χ0) is 16.2. The number of carboxylic acid groups (broad SMARTS) is 1. The minimum atomic E-state index is -4.06. The first-order valence-electron chi connectivity index (χ1n) is 6.18. The summed E-state index contributed by atoms with van der Waals surface area (Å²) in [5.41, 5.74) is -0.245. The second-order valence-corrected chi connectivity index (χ2v) is 6.29. The topological polar surface area (TPSA) is 127 Å². The molecule has 0 radical (unpaired) electrons. The zero-order valence-corrected chi connectivity index (χ0v) is 12.3. The van der Waals surface area contributed by atoms with Crippen LogP contribution in [0.3, 0.4) is 0 Å². The van der Waals surface area contributed by atoms with Crippen molar-refractivity contribution in [2.45, 2.75) is 31.2 Å². The Morgan fingerprint density at radius 2 is 1.90 bits per heavy atom. The molecular formula is C12H16N2O6S. The number of non-ortho nitro benzene ring substituents is 1. The predicted molar refractivity (Wildman–Crippen MR) is 74.3 cm³/mol. The number of hydrogen-bond donors (Lipinski definition) is 2. The van der Waals surface area contributed by atoms with Gasteiger partial charge in [-0.25, -0.2) is 8.42 Å². The second-order valence-electron chi connectivity index (χ2n) is 4.57. The number of nitrogens with one attached hydrogen (secondary N) is 1. The highest BCUT2D eigenvalue weighted by Gasteiger charge is 2.29. The molecule has 0 aliphatic heterocycles. The van der Waals surface area contributed by atoms with Gasteiger partial charge in [0, 0.05) is 12.1 Å². The van der Waals surface area contributed by atoms with Gasteiger partial charge in [-0.2, -0.15) is 4.72 Å². The largest absolute Gasteiger partial charge is 0.480 e. The van der Waals surface area contributed by atoms with Gasteiger partial charge < -0.3 is 5.11 Å². The summed E-state index contributed by atoms with van der Waals surface area (Å²) in [6.07, 6.45) is 0.486. The van der Waals surface area contributed by atoms with Crippen LogP contribution in [0.1, 0.15) is 20.3 Å². The summed E-state index contributed by atoms with van der Waals surface area (Å²) in [6, 6.07) is 2.97. The van der Waals surface area contributed by atoms with Crippen LogP contribution in [0.25, 0.3) is 0 Å². The lowest BCUT2D eigenvalue weighted by atomic mass is 10.0. The number of nitro benzene ring substituents is 1. The van der Waals surface area contributed by atoms with Crippen LogP contribution < -0.4 is 4.72 Å². The van der Waals surface area contributed by atoms with Crippen LogP contribution in [0.2, 0.25) is 0 Å². The molecule has 0 saturated heterocycles. The Balaban J connectivity index is 3.04. The number of carbonyl (C=O) groups is 1. The van der Waals surface area contributed by atoms with Crippen LogP contribution in [0.5, 0.6) is 0 Å². The molecule has 116 valence electrons. The zero-order valence-electron chi connectivity index (χ0n) is 11.5. The second kappa shape index (κ2) is 6.64. The average molecular weight is 316 g/mol. The van der Waals surface area contributed by atoms with E-state index in [-0.39, 0.29) is 10.6 Å². The highest BCUT2D eigenvalue weighted by atomic mass is 32.2.